The van der Waals surface area contributed by atoms with Crippen LogP contribution in [0.2, 0.25) is 0 Å². The van der Waals surface area contributed by atoms with Crippen LogP contribution >= 0.6 is 0 Å². The molecule has 1 heterocycles. The number of allylic oxidation sites excluding steroid dienone is 2. The van der Waals surface area contributed by atoms with Crippen LogP contribution in [0.3, 0.4) is 0 Å². The number of hydrogen-bond acceptors (Lipinski definition) is 3. The lowest BCUT2D eigenvalue weighted by Crippen LogP contribution is -2.38. The Kier molecular flexibility index (Phi) is 1.98. The minimum absolute atomic E-state index is 0.0762. The molecule has 16 heavy (non-hydrogen) atoms. The summed E-state index contributed by atoms with van der Waals surface area (Å²) in [6, 6.07) is 0. The standard InChI is InChI=1S/C12H15NO3/c1-6(14)5-13-11(15)9-7-2-3-8(4-7)10(9)12(13)16/h2-3,6-10,14H,4-5H2,1H3. The van der Waals surface area contributed by atoms with Gasteiger partial charge in [0.05, 0.1) is 24.5 Å². The number of imide groups is 1. The van der Waals surface area contributed by atoms with Gasteiger partial charge in [0.15, 0.2) is 0 Å². The van der Waals surface area contributed by atoms with Gasteiger partial charge in [-0.3, -0.25) is 14.5 Å². The normalized spacial score (nSPS) is 42.0. The van der Waals surface area contributed by atoms with E-state index in [2.05, 4.69) is 12.2 Å². The molecule has 3 aliphatic rings. The molecule has 86 valence electrons. The second kappa shape index (κ2) is 3.17. The van der Waals surface area contributed by atoms with E-state index in [1.54, 1.807) is 6.92 Å². The zero-order chi connectivity index (χ0) is 11.4. The summed E-state index contributed by atoms with van der Waals surface area (Å²) in [5, 5.41) is 9.30. The van der Waals surface area contributed by atoms with Gasteiger partial charge in [0.2, 0.25) is 11.8 Å². The average molecular weight is 221 g/mol. The van der Waals surface area contributed by atoms with Gasteiger partial charge in [0, 0.05) is 0 Å². The molecule has 1 N–H and O–H groups in total. The zero-order valence-electron chi connectivity index (χ0n) is 9.17. The first-order valence-corrected chi connectivity index (χ1v) is 5.81. The third-order valence-electron chi connectivity index (χ3n) is 4.01. The molecule has 4 heteroatoms. The molecular formula is C12H15NO3. The highest BCUT2D eigenvalue weighted by molar-refractivity contribution is 6.06. The van der Waals surface area contributed by atoms with Crippen molar-refractivity contribution in [2.75, 3.05) is 6.54 Å². The number of aliphatic hydroxyl groups is 1. The van der Waals surface area contributed by atoms with Gasteiger partial charge in [-0.2, -0.15) is 0 Å². The van der Waals surface area contributed by atoms with Crippen LogP contribution in [-0.4, -0.2) is 34.5 Å². The molecule has 2 amide bonds. The fourth-order valence-electron chi connectivity index (χ4n) is 3.41. The smallest absolute Gasteiger partial charge is 0.233 e. The maximum atomic E-state index is 12.1. The lowest BCUT2D eigenvalue weighted by atomic mass is 9.85. The number of rotatable bonds is 2. The highest BCUT2D eigenvalue weighted by Crippen LogP contribution is 2.52. The molecule has 2 bridgehead atoms. The van der Waals surface area contributed by atoms with Crippen molar-refractivity contribution >= 4 is 11.8 Å². The monoisotopic (exact) mass is 221 g/mol. The Morgan fingerprint density at radius 3 is 2.25 bits per heavy atom. The van der Waals surface area contributed by atoms with Gasteiger partial charge >= 0.3 is 0 Å². The van der Waals surface area contributed by atoms with Crippen LogP contribution in [0.1, 0.15) is 13.3 Å². The number of nitrogens with zero attached hydrogens (tertiary/aromatic N) is 1. The van der Waals surface area contributed by atoms with Crippen LogP contribution in [0.5, 0.6) is 0 Å². The largest absolute Gasteiger partial charge is 0.392 e. The summed E-state index contributed by atoms with van der Waals surface area (Å²) in [6.45, 7) is 1.74. The number of likely N-dealkylation sites (tertiary alicyclic amines) is 1. The summed E-state index contributed by atoms with van der Waals surface area (Å²) >= 11 is 0. The molecule has 1 saturated carbocycles. The van der Waals surface area contributed by atoms with E-state index in [1.807, 2.05) is 0 Å². The van der Waals surface area contributed by atoms with Gasteiger partial charge in [0.1, 0.15) is 0 Å². The number of fused-ring (bicyclic) bond motifs is 5. The molecule has 2 fully saturated rings. The van der Waals surface area contributed by atoms with Gasteiger partial charge in [-0.15, -0.1) is 0 Å². The summed E-state index contributed by atoms with van der Waals surface area (Å²) in [5.41, 5.74) is 0. The second-order valence-electron chi connectivity index (χ2n) is 5.14. The van der Waals surface area contributed by atoms with Crippen molar-refractivity contribution in [1.29, 1.82) is 0 Å². The fraction of sp³-hybridized carbons (Fsp3) is 0.667. The third kappa shape index (κ3) is 1.13. The highest BCUT2D eigenvalue weighted by atomic mass is 16.3. The van der Waals surface area contributed by atoms with Crippen LogP contribution in [0.15, 0.2) is 12.2 Å². The average Bonchev–Trinajstić information content (AvgIpc) is 2.87. The van der Waals surface area contributed by atoms with Gasteiger partial charge in [-0.1, -0.05) is 12.2 Å². The number of amides is 2. The predicted molar refractivity (Wildman–Crippen MR) is 56.1 cm³/mol. The van der Waals surface area contributed by atoms with Crippen molar-refractivity contribution in [2.45, 2.75) is 19.4 Å². The van der Waals surface area contributed by atoms with E-state index in [4.69, 9.17) is 0 Å². The van der Waals surface area contributed by atoms with Crippen molar-refractivity contribution in [1.82, 2.24) is 4.90 Å². The van der Waals surface area contributed by atoms with Crippen LogP contribution in [0.25, 0.3) is 0 Å². The maximum Gasteiger partial charge on any atom is 0.233 e. The minimum atomic E-state index is -0.641. The van der Waals surface area contributed by atoms with Crippen molar-refractivity contribution in [3.05, 3.63) is 12.2 Å². The summed E-state index contributed by atoms with van der Waals surface area (Å²) in [6.07, 6.45) is 4.46. The molecule has 0 aromatic carbocycles. The first-order chi connectivity index (χ1) is 7.59. The SMILES string of the molecule is CC(O)CN1C(=O)C2C3C=CC(C3)C2C1=O. The number of carbonyl (C=O) groups is 2. The van der Waals surface area contributed by atoms with E-state index >= 15 is 0 Å². The van der Waals surface area contributed by atoms with E-state index in [1.165, 1.54) is 4.90 Å². The van der Waals surface area contributed by atoms with Crippen LogP contribution in [0, 0.1) is 23.7 Å². The number of β-amino-alcohol motifs (C(OH)–C–C–N with tert-alkyl or cyclic N) is 1. The quantitative estimate of drug-likeness (QED) is 0.534. The highest BCUT2D eigenvalue weighted by Gasteiger charge is 2.59. The second-order valence-corrected chi connectivity index (χ2v) is 5.14. The molecule has 0 aromatic heterocycles. The molecule has 5 unspecified atom stereocenters. The molecular weight excluding hydrogens is 206 g/mol. The molecule has 5 atom stereocenters. The number of carbonyl (C=O) groups excluding carboxylic acids is 2. The van der Waals surface area contributed by atoms with Crippen LogP contribution in [0.4, 0.5) is 0 Å². The zero-order valence-corrected chi connectivity index (χ0v) is 9.17. The van der Waals surface area contributed by atoms with E-state index in [-0.39, 0.29) is 42.0 Å². The number of aliphatic hydroxyl groups excluding tert-OH is 1. The third-order valence-corrected chi connectivity index (χ3v) is 4.01. The Bertz CT molecular complexity index is 358. The van der Waals surface area contributed by atoms with Crippen molar-refractivity contribution in [3.63, 3.8) is 0 Å². The van der Waals surface area contributed by atoms with Gasteiger partial charge in [0.25, 0.3) is 0 Å². The lowest BCUT2D eigenvalue weighted by Gasteiger charge is -2.18. The molecule has 0 radical (unpaired) electrons. The molecule has 0 spiro atoms. The fourth-order valence-corrected chi connectivity index (χ4v) is 3.41. The molecule has 1 aliphatic heterocycles. The lowest BCUT2D eigenvalue weighted by molar-refractivity contribution is -0.142. The van der Waals surface area contributed by atoms with Crippen LogP contribution < -0.4 is 0 Å². The van der Waals surface area contributed by atoms with Crippen LogP contribution in [-0.2, 0) is 9.59 Å². The van der Waals surface area contributed by atoms with Gasteiger partial charge in [-0.25, -0.2) is 0 Å². The molecule has 2 aliphatic carbocycles. The van der Waals surface area contributed by atoms with Crippen molar-refractivity contribution in [3.8, 4) is 0 Å². The Hall–Kier alpha value is -1.16. The van der Waals surface area contributed by atoms with Gasteiger partial charge < -0.3 is 5.11 Å². The van der Waals surface area contributed by atoms with E-state index in [9.17, 15) is 14.7 Å². The minimum Gasteiger partial charge on any atom is -0.392 e. The predicted octanol–water partition coefficient (Wildman–Crippen LogP) is 0.174. The summed E-state index contributed by atoms with van der Waals surface area (Å²) in [4.78, 5) is 25.4. The Morgan fingerprint density at radius 1 is 1.31 bits per heavy atom. The summed E-state index contributed by atoms with van der Waals surface area (Å²) in [7, 11) is 0. The molecule has 3 rings (SSSR count). The van der Waals surface area contributed by atoms with E-state index < -0.39 is 6.10 Å². The Morgan fingerprint density at radius 2 is 1.81 bits per heavy atom. The Balaban J connectivity index is 1.89. The Labute approximate surface area is 93.9 Å². The molecule has 1 saturated heterocycles. The van der Waals surface area contributed by atoms with Crippen molar-refractivity contribution in [2.24, 2.45) is 23.7 Å². The van der Waals surface area contributed by atoms with E-state index in [0.29, 0.717) is 0 Å². The number of hydrogen-bond donors (Lipinski definition) is 1. The molecule has 4 nitrogen and oxygen atoms in total. The molecule has 0 aromatic rings. The van der Waals surface area contributed by atoms with Crippen molar-refractivity contribution < 1.29 is 14.7 Å². The van der Waals surface area contributed by atoms with Gasteiger partial charge in [-0.05, 0) is 25.2 Å². The first-order valence-electron chi connectivity index (χ1n) is 5.81. The van der Waals surface area contributed by atoms with E-state index in [0.717, 1.165) is 6.42 Å². The maximum absolute atomic E-state index is 12.1. The topological polar surface area (TPSA) is 57.6 Å². The first kappa shape index (κ1) is 10.0. The summed E-state index contributed by atoms with van der Waals surface area (Å²) in [5.74, 6) is 0.0823. The summed E-state index contributed by atoms with van der Waals surface area (Å²) < 4.78 is 0.